The third kappa shape index (κ3) is 5.81. The lowest BCUT2D eigenvalue weighted by Gasteiger charge is -2.37. The highest BCUT2D eigenvalue weighted by Crippen LogP contribution is 2.45. The first-order chi connectivity index (χ1) is 23.4. The molecule has 7 rings (SSSR count). The molecule has 1 saturated carbocycles. The number of hydrogen-bond acceptors (Lipinski definition) is 3. The van der Waals surface area contributed by atoms with E-state index in [4.69, 9.17) is 28.3 Å². The molecule has 242 valence electrons. The molecule has 0 bridgehead atoms. The maximum atomic E-state index is 14.0. The monoisotopic (exact) mass is 672 g/mol. The summed E-state index contributed by atoms with van der Waals surface area (Å²) in [6.07, 6.45) is 3.68. The molecule has 0 saturated heterocycles. The molecule has 1 amide bonds. The minimum absolute atomic E-state index is 0.00432. The van der Waals surface area contributed by atoms with Crippen LogP contribution < -0.4 is 5.32 Å². The zero-order valence-corrected chi connectivity index (χ0v) is 28.6. The van der Waals surface area contributed by atoms with E-state index in [9.17, 15) is 4.79 Å². The van der Waals surface area contributed by atoms with Crippen molar-refractivity contribution >= 4 is 45.8 Å². The molecule has 1 aliphatic rings. The van der Waals surface area contributed by atoms with Crippen LogP contribution in [-0.4, -0.2) is 40.7 Å². The van der Waals surface area contributed by atoms with E-state index in [1.165, 1.54) is 0 Å². The van der Waals surface area contributed by atoms with Gasteiger partial charge in [-0.1, -0.05) is 126 Å². The van der Waals surface area contributed by atoms with Crippen LogP contribution in [0.5, 0.6) is 0 Å². The number of nitrogens with one attached hydrogen (secondary N) is 1. The van der Waals surface area contributed by atoms with Gasteiger partial charge in [-0.2, -0.15) is 5.10 Å². The number of halogens is 2. The lowest BCUT2D eigenvalue weighted by Crippen LogP contribution is -2.38. The summed E-state index contributed by atoms with van der Waals surface area (Å²) in [4.78, 5) is 16.3. The van der Waals surface area contributed by atoms with E-state index in [0.29, 0.717) is 21.9 Å². The Morgan fingerprint density at radius 1 is 0.729 bits per heavy atom. The maximum absolute atomic E-state index is 14.0. The molecule has 1 fully saturated rings. The largest absolute Gasteiger partial charge is 0.308 e. The van der Waals surface area contributed by atoms with Gasteiger partial charge < -0.3 is 10.2 Å². The summed E-state index contributed by atoms with van der Waals surface area (Å²) < 4.78 is 2.08. The fraction of sp³-hybridized carbons (Fsp3) is 0.220. The number of hydrogen-bond donors (Lipinski definition) is 1. The first-order valence-corrected chi connectivity index (χ1v) is 17.2. The van der Waals surface area contributed by atoms with E-state index in [1.807, 2.05) is 42.5 Å². The van der Waals surface area contributed by atoms with Gasteiger partial charge in [-0.25, -0.2) is 4.68 Å². The molecule has 0 aliphatic heterocycles. The molecule has 0 spiro atoms. The van der Waals surface area contributed by atoms with Gasteiger partial charge in [-0.3, -0.25) is 4.79 Å². The van der Waals surface area contributed by atoms with Gasteiger partial charge in [-0.05, 0) is 86.3 Å². The predicted octanol–water partition coefficient (Wildman–Crippen LogP) is 9.91. The molecule has 1 N–H and O–H groups in total. The lowest BCUT2D eigenvalue weighted by atomic mass is 9.77. The predicted molar refractivity (Wildman–Crippen MR) is 198 cm³/mol. The Morgan fingerprint density at radius 3 is 1.75 bits per heavy atom. The SMILES string of the molecule is CN(C)C1CCC(C(=O)Nc2nn(C(c3ccccc3)(c3ccccc3)c3ccccc3)c3ccc(-c4c(Cl)cccc4Cl)cc23)CC1. The summed E-state index contributed by atoms with van der Waals surface area (Å²) in [5, 5.41) is 10.6. The normalized spacial score (nSPS) is 16.7. The van der Waals surface area contributed by atoms with E-state index >= 15 is 0 Å². The van der Waals surface area contributed by atoms with Crippen LogP contribution in [0, 0.1) is 5.92 Å². The lowest BCUT2D eigenvalue weighted by molar-refractivity contribution is -0.121. The van der Waals surface area contributed by atoms with Gasteiger partial charge in [-0.15, -0.1) is 0 Å². The van der Waals surface area contributed by atoms with Crippen molar-refractivity contribution in [2.24, 2.45) is 5.92 Å². The van der Waals surface area contributed by atoms with Gasteiger partial charge in [0.15, 0.2) is 5.82 Å². The highest BCUT2D eigenvalue weighted by molar-refractivity contribution is 6.39. The van der Waals surface area contributed by atoms with Crippen molar-refractivity contribution in [1.82, 2.24) is 14.7 Å². The highest BCUT2D eigenvalue weighted by Gasteiger charge is 2.41. The third-order valence-corrected chi connectivity index (χ3v) is 10.5. The highest BCUT2D eigenvalue weighted by atomic mass is 35.5. The fourth-order valence-electron chi connectivity index (χ4n) is 7.37. The molecule has 1 aromatic heterocycles. The summed E-state index contributed by atoms with van der Waals surface area (Å²) in [5.41, 5.74) is 4.74. The molecule has 1 aliphatic carbocycles. The van der Waals surface area contributed by atoms with Crippen molar-refractivity contribution in [3.8, 4) is 11.1 Å². The van der Waals surface area contributed by atoms with Crippen LogP contribution in [-0.2, 0) is 10.3 Å². The van der Waals surface area contributed by atoms with Crippen LogP contribution in [0.3, 0.4) is 0 Å². The number of rotatable bonds is 8. The number of aromatic nitrogens is 2. The molecule has 0 atom stereocenters. The van der Waals surface area contributed by atoms with Gasteiger partial charge in [0, 0.05) is 33.0 Å². The number of fused-ring (bicyclic) bond motifs is 1. The standard InChI is InChI=1S/C41H38Cl2N4O/c1-46(2)33-24-21-28(22-25-33)40(48)44-39-34-27-29(38-35(42)19-12-20-36(38)43)23-26-37(34)47(45-39)41(30-13-6-3-7-14-30,31-15-8-4-9-16-31)32-17-10-5-11-18-32/h3-20,23,26-28,33H,21-22,24-25H2,1-2H3,(H,44,45,48). The second-order valence-electron chi connectivity index (χ2n) is 12.9. The first kappa shape index (κ1) is 32.1. The van der Waals surface area contributed by atoms with Crippen molar-refractivity contribution in [1.29, 1.82) is 0 Å². The number of carbonyl (C=O) groups is 1. The van der Waals surface area contributed by atoms with Gasteiger partial charge >= 0.3 is 0 Å². The van der Waals surface area contributed by atoms with Crippen LogP contribution in [0.15, 0.2) is 127 Å². The van der Waals surface area contributed by atoms with E-state index < -0.39 is 5.54 Å². The van der Waals surface area contributed by atoms with Crippen LogP contribution in [0.25, 0.3) is 22.0 Å². The van der Waals surface area contributed by atoms with Gasteiger partial charge in [0.1, 0.15) is 5.54 Å². The molecule has 7 heteroatoms. The van der Waals surface area contributed by atoms with Gasteiger partial charge in [0.2, 0.25) is 5.91 Å². The summed E-state index contributed by atoms with van der Waals surface area (Å²) in [7, 11) is 4.23. The number of benzene rings is 5. The number of carbonyl (C=O) groups excluding carboxylic acids is 1. The molecule has 5 aromatic carbocycles. The van der Waals surface area contributed by atoms with Crippen molar-refractivity contribution in [2.75, 3.05) is 19.4 Å². The van der Waals surface area contributed by atoms with Crippen molar-refractivity contribution < 1.29 is 4.79 Å². The second-order valence-corrected chi connectivity index (χ2v) is 13.7. The topological polar surface area (TPSA) is 50.2 Å². The second kappa shape index (κ2) is 13.6. The van der Waals surface area contributed by atoms with Crippen LogP contribution in [0.2, 0.25) is 10.0 Å². The van der Waals surface area contributed by atoms with E-state index in [-0.39, 0.29) is 11.8 Å². The Kier molecular flexibility index (Phi) is 9.11. The smallest absolute Gasteiger partial charge is 0.228 e. The zero-order valence-electron chi connectivity index (χ0n) is 27.1. The van der Waals surface area contributed by atoms with Crippen LogP contribution >= 0.6 is 23.2 Å². The Balaban J connectivity index is 1.47. The molecule has 0 radical (unpaired) electrons. The molecule has 0 unspecified atom stereocenters. The summed E-state index contributed by atoms with van der Waals surface area (Å²) >= 11 is 13.4. The van der Waals surface area contributed by atoms with E-state index in [2.05, 4.69) is 114 Å². The van der Waals surface area contributed by atoms with Crippen LogP contribution in [0.1, 0.15) is 42.4 Å². The first-order valence-electron chi connectivity index (χ1n) is 16.5. The molecular weight excluding hydrogens is 635 g/mol. The van der Waals surface area contributed by atoms with Crippen molar-refractivity contribution in [2.45, 2.75) is 37.3 Å². The zero-order chi connectivity index (χ0) is 33.3. The van der Waals surface area contributed by atoms with Crippen molar-refractivity contribution in [3.05, 3.63) is 154 Å². The third-order valence-electron chi connectivity index (χ3n) is 9.86. The Labute approximate surface area is 292 Å². The number of nitrogens with zero attached hydrogens (tertiary/aromatic N) is 3. The summed E-state index contributed by atoms with van der Waals surface area (Å²) in [6, 6.07) is 43.5. The van der Waals surface area contributed by atoms with Gasteiger partial charge in [0.05, 0.1) is 5.52 Å². The van der Waals surface area contributed by atoms with Crippen molar-refractivity contribution in [3.63, 3.8) is 0 Å². The number of amides is 1. The average Bonchev–Trinajstić information content (AvgIpc) is 3.47. The summed E-state index contributed by atoms with van der Waals surface area (Å²) in [5.74, 6) is 0.441. The van der Waals surface area contributed by atoms with Gasteiger partial charge in [0.25, 0.3) is 0 Å². The number of anilines is 1. The Bertz CT molecular complexity index is 1920. The summed E-state index contributed by atoms with van der Waals surface area (Å²) in [6.45, 7) is 0. The quantitative estimate of drug-likeness (QED) is 0.164. The maximum Gasteiger partial charge on any atom is 0.228 e. The molecule has 6 aromatic rings. The molecule has 48 heavy (non-hydrogen) atoms. The Morgan fingerprint density at radius 2 is 1.25 bits per heavy atom. The minimum Gasteiger partial charge on any atom is -0.308 e. The van der Waals surface area contributed by atoms with Crippen LogP contribution in [0.4, 0.5) is 5.82 Å². The molecular formula is C41H38Cl2N4O. The van der Waals surface area contributed by atoms with E-state index in [0.717, 1.165) is 64.4 Å². The molecule has 5 nitrogen and oxygen atoms in total. The average molecular weight is 674 g/mol. The minimum atomic E-state index is -0.863. The molecule has 1 heterocycles. The Hall–Kier alpha value is -4.42. The van der Waals surface area contributed by atoms with E-state index in [1.54, 1.807) is 0 Å². The fourth-order valence-corrected chi connectivity index (χ4v) is 7.99.